The molecule has 1 aliphatic rings. The van der Waals surface area contributed by atoms with E-state index in [1.165, 1.54) is 10.9 Å². The van der Waals surface area contributed by atoms with E-state index in [9.17, 15) is 8.78 Å². The van der Waals surface area contributed by atoms with Crippen molar-refractivity contribution in [1.82, 2.24) is 14.8 Å². The van der Waals surface area contributed by atoms with Crippen LogP contribution >= 0.6 is 0 Å². The molecular formula is C15H18BF2N3O2. The molecule has 1 saturated heterocycles. The van der Waals surface area contributed by atoms with Crippen molar-refractivity contribution in [3.8, 4) is 5.82 Å². The van der Waals surface area contributed by atoms with Gasteiger partial charge in [0.2, 0.25) is 0 Å². The monoisotopic (exact) mass is 321 g/mol. The molecule has 0 amide bonds. The Morgan fingerprint density at radius 3 is 2.30 bits per heavy atom. The van der Waals surface area contributed by atoms with E-state index in [-0.39, 0.29) is 11.2 Å². The molecule has 0 saturated carbocycles. The van der Waals surface area contributed by atoms with Crippen molar-refractivity contribution in [2.75, 3.05) is 0 Å². The minimum absolute atomic E-state index is 0.226. The minimum Gasteiger partial charge on any atom is -0.399 e. The highest BCUT2D eigenvalue weighted by Crippen LogP contribution is 2.37. The number of rotatable bonds is 3. The third kappa shape index (κ3) is 2.77. The van der Waals surface area contributed by atoms with Gasteiger partial charge in [-0.15, -0.1) is 0 Å². The van der Waals surface area contributed by atoms with Crippen molar-refractivity contribution in [2.24, 2.45) is 0 Å². The molecule has 0 atom stereocenters. The number of aromatic nitrogens is 3. The summed E-state index contributed by atoms with van der Waals surface area (Å²) in [6.45, 7) is 7.49. The largest absolute Gasteiger partial charge is 0.498 e. The Hall–Kier alpha value is -1.80. The maximum Gasteiger partial charge on any atom is 0.498 e. The fourth-order valence-electron chi connectivity index (χ4n) is 2.33. The average molecular weight is 321 g/mol. The van der Waals surface area contributed by atoms with Gasteiger partial charge in [0.05, 0.1) is 11.2 Å². The molecule has 0 unspecified atom stereocenters. The van der Waals surface area contributed by atoms with E-state index >= 15 is 0 Å². The van der Waals surface area contributed by atoms with Gasteiger partial charge in [-0.1, -0.05) is 6.07 Å². The van der Waals surface area contributed by atoms with Crippen molar-refractivity contribution >= 4 is 12.6 Å². The summed E-state index contributed by atoms with van der Waals surface area (Å²) in [5.41, 5.74) is -1.34. The maximum absolute atomic E-state index is 13.4. The summed E-state index contributed by atoms with van der Waals surface area (Å²) in [5.74, 6) is 0.456. The number of pyridine rings is 1. The lowest BCUT2D eigenvalue weighted by atomic mass is 9.79. The Kier molecular flexibility index (Phi) is 3.76. The van der Waals surface area contributed by atoms with Gasteiger partial charge in [-0.3, -0.25) is 0 Å². The second-order valence-corrected chi connectivity index (χ2v) is 6.49. The van der Waals surface area contributed by atoms with Gasteiger partial charge < -0.3 is 9.31 Å². The van der Waals surface area contributed by atoms with Gasteiger partial charge >= 0.3 is 7.12 Å². The number of alkyl halides is 2. The number of hydrogen-bond acceptors (Lipinski definition) is 4. The molecule has 2 aromatic heterocycles. The van der Waals surface area contributed by atoms with Gasteiger partial charge in [0.15, 0.2) is 5.82 Å². The summed E-state index contributed by atoms with van der Waals surface area (Å²) in [6.07, 6.45) is 0.341. The predicted molar refractivity (Wildman–Crippen MR) is 82.0 cm³/mol. The van der Waals surface area contributed by atoms with Crippen molar-refractivity contribution in [2.45, 2.75) is 45.3 Å². The molecule has 0 aromatic carbocycles. The molecule has 3 rings (SSSR count). The van der Waals surface area contributed by atoms with Gasteiger partial charge in [0.1, 0.15) is 5.69 Å². The van der Waals surface area contributed by atoms with Crippen LogP contribution in [-0.4, -0.2) is 33.1 Å². The van der Waals surface area contributed by atoms with E-state index in [1.807, 2.05) is 27.7 Å². The quantitative estimate of drug-likeness (QED) is 0.815. The first-order valence-electron chi connectivity index (χ1n) is 7.36. The van der Waals surface area contributed by atoms with Crippen molar-refractivity contribution in [1.29, 1.82) is 0 Å². The van der Waals surface area contributed by atoms with Crippen LogP contribution < -0.4 is 5.46 Å². The van der Waals surface area contributed by atoms with Gasteiger partial charge in [0, 0.05) is 17.9 Å². The van der Waals surface area contributed by atoms with Crippen molar-refractivity contribution in [3.05, 3.63) is 36.3 Å². The Bertz CT molecular complexity index is 688. The molecule has 0 aliphatic carbocycles. The maximum atomic E-state index is 13.4. The molecule has 8 heteroatoms. The van der Waals surface area contributed by atoms with Crippen LogP contribution in [0, 0.1) is 0 Å². The first-order valence-corrected chi connectivity index (χ1v) is 7.36. The molecule has 1 aliphatic heterocycles. The highest BCUT2D eigenvalue weighted by atomic mass is 19.3. The number of halogens is 2. The van der Waals surface area contributed by atoms with Crippen molar-refractivity contribution in [3.63, 3.8) is 0 Å². The van der Waals surface area contributed by atoms with E-state index in [1.54, 1.807) is 24.4 Å². The SMILES string of the molecule is CC1(C)OB(c2cn(-c3ccccn3)nc2C(F)F)OC1(C)C. The number of nitrogens with zero attached hydrogens (tertiary/aromatic N) is 3. The standard InChI is InChI=1S/C15H18BF2N3O2/c1-14(2)15(3,4)23-16(22-14)10-9-21(20-12(10)13(17)18)11-7-5-6-8-19-11/h5-9,13H,1-4H3. The van der Waals surface area contributed by atoms with Crippen LogP contribution in [0.2, 0.25) is 0 Å². The van der Waals surface area contributed by atoms with Crippen LogP contribution in [-0.2, 0) is 9.31 Å². The molecule has 0 N–H and O–H groups in total. The van der Waals surface area contributed by atoms with E-state index in [0.29, 0.717) is 5.82 Å². The summed E-state index contributed by atoms with van der Waals surface area (Å²) < 4.78 is 39.8. The summed E-state index contributed by atoms with van der Waals surface area (Å²) in [7, 11) is -0.888. The topological polar surface area (TPSA) is 49.2 Å². The molecule has 0 spiro atoms. The van der Waals surface area contributed by atoms with Gasteiger partial charge in [-0.2, -0.15) is 5.10 Å². The second-order valence-electron chi connectivity index (χ2n) is 6.49. The Labute approximate surface area is 133 Å². The molecule has 2 aromatic rings. The summed E-state index contributed by atoms with van der Waals surface area (Å²) in [6, 6.07) is 5.20. The van der Waals surface area contributed by atoms with E-state index in [4.69, 9.17) is 9.31 Å². The van der Waals surface area contributed by atoms with Gasteiger partial charge in [-0.25, -0.2) is 18.4 Å². The van der Waals surface area contributed by atoms with Crippen LogP contribution in [0.25, 0.3) is 5.82 Å². The predicted octanol–water partition coefficient (Wildman–Crippen LogP) is 2.50. The third-order valence-electron chi connectivity index (χ3n) is 4.37. The first kappa shape index (κ1) is 16.1. The molecule has 0 radical (unpaired) electrons. The summed E-state index contributed by atoms with van der Waals surface area (Å²) >= 11 is 0. The van der Waals surface area contributed by atoms with Crippen LogP contribution in [0.15, 0.2) is 30.6 Å². The third-order valence-corrected chi connectivity index (χ3v) is 4.37. The Balaban J connectivity index is 2.01. The zero-order valence-corrected chi connectivity index (χ0v) is 13.5. The lowest BCUT2D eigenvalue weighted by Crippen LogP contribution is -2.41. The fourth-order valence-corrected chi connectivity index (χ4v) is 2.33. The Morgan fingerprint density at radius 1 is 1.13 bits per heavy atom. The smallest absolute Gasteiger partial charge is 0.399 e. The van der Waals surface area contributed by atoms with Crippen LogP contribution in [0.3, 0.4) is 0 Å². The highest BCUT2D eigenvalue weighted by Gasteiger charge is 2.53. The lowest BCUT2D eigenvalue weighted by molar-refractivity contribution is 0.00578. The zero-order chi connectivity index (χ0) is 16.8. The van der Waals surface area contributed by atoms with E-state index < -0.39 is 24.7 Å². The lowest BCUT2D eigenvalue weighted by Gasteiger charge is -2.32. The first-order chi connectivity index (χ1) is 10.7. The van der Waals surface area contributed by atoms with Gasteiger partial charge in [0.25, 0.3) is 6.43 Å². The molecule has 5 nitrogen and oxygen atoms in total. The van der Waals surface area contributed by atoms with Crippen LogP contribution in [0.4, 0.5) is 8.78 Å². The highest BCUT2D eigenvalue weighted by molar-refractivity contribution is 6.62. The Morgan fingerprint density at radius 2 is 1.78 bits per heavy atom. The van der Waals surface area contributed by atoms with Gasteiger partial charge in [-0.05, 0) is 39.8 Å². The molecular weight excluding hydrogens is 303 g/mol. The minimum atomic E-state index is -2.73. The second kappa shape index (κ2) is 5.38. The molecule has 0 bridgehead atoms. The van der Waals surface area contributed by atoms with Crippen LogP contribution in [0.5, 0.6) is 0 Å². The fraction of sp³-hybridized carbons (Fsp3) is 0.467. The molecule has 1 fully saturated rings. The van der Waals surface area contributed by atoms with Crippen molar-refractivity contribution < 1.29 is 18.1 Å². The van der Waals surface area contributed by atoms with E-state index in [2.05, 4.69) is 10.1 Å². The normalized spacial score (nSPS) is 19.5. The molecule has 3 heterocycles. The number of hydrogen-bond donors (Lipinski definition) is 0. The van der Waals surface area contributed by atoms with E-state index in [0.717, 1.165) is 0 Å². The zero-order valence-electron chi connectivity index (χ0n) is 13.5. The summed E-state index contributed by atoms with van der Waals surface area (Å²) in [5, 5.41) is 3.96. The molecule has 122 valence electrons. The van der Waals surface area contributed by atoms with Crippen LogP contribution in [0.1, 0.15) is 39.8 Å². The summed E-state index contributed by atoms with van der Waals surface area (Å²) in [4.78, 5) is 4.12. The average Bonchev–Trinajstić information content (AvgIpc) is 3.00. The molecule has 23 heavy (non-hydrogen) atoms.